The number of nitrogens with one attached hydrogen (secondary N) is 2. The van der Waals surface area contributed by atoms with Gasteiger partial charge >= 0.3 is 0 Å². The number of benzene rings is 1. The fraction of sp³-hybridized carbons (Fsp3) is 0.231. The summed E-state index contributed by atoms with van der Waals surface area (Å²) in [6, 6.07) is 6.85. The van der Waals surface area contributed by atoms with E-state index < -0.39 is 0 Å². The molecule has 0 radical (unpaired) electrons. The van der Waals surface area contributed by atoms with Crippen LogP contribution in [0.1, 0.15) is 10.4 Å². The number of rotatable bonds is 6. The number of anilines is 2. The van der Waals surface area contributed by atoms with Gasteiger partial charge in [-0.1, -0.05) is 0 Å². The number of carbonyl (C=O) groups is 1. The molecule has 0 aliphatic heterocycles. The SMILES string of the molecule is COCCn1cc(NC(=O)c2ccc(NN)cc2)cn1. The average Bonchev–Trinajstić information content (AvgIpc) is 2.92. The predicted octanol–water partition coefficient (Wildman–Crippen LogP) is 1.07. The van der Waals surface area contributed by atoms with E-state index in [0.29, 0.717) is 24.4 Å². The number of amides is 1. The molecule has 0 bridgehead atoms. The van der Waals surface area contributed by atoms with Crippen molar-refractivity contribution in [3.05, 3.63) is 42.2 Å². The summed E-state index contributed by atoms with van der Waals surface area (Å²) < 4.78 is 6.67. The third-order valence-corrected chi connectivity index (χ3v) is 2.73. The first-order valence-corrected chi connectivity index (χ1v) is 6.12. The summed E-state index contributed by atoms with van der Waals surface area (Å²) in [5, 5.41) is 6.90. The minimum Gasteiger partial charge on any atom is -0.383 e. The maximum Gasteiger partial charge on any atom is 0.255 e. The molecule has 106 valence electrons. The van der Waals surface area contributed by atoms with Gasteiger partial charge in [-0.2, -0.15) is 5.10 Å². The maximum atomic E-state index is 12.0. The van der Waals surface area contributed by atoms with Crippen LogP contribution in [0.5, 0.6) is 0 Å². The Bertz CT molecular complexity index is 564. The number of carbonyl (C=O) groups excluding carboxylic acids is 1. The van der Waals surface area contributed by atoms with Crippen LogP contribution in [0.15, 0.2) is 36.7 Å². The topological polar surface area (TPSA) is 94.2 Å². The Kier molecular flexibility index (Phi) is 4.70. The summed E-state index contributed by atoms with van der Waals surface area (Å²) in [5.74, 6) is 5.08. The summed E-state index contributed by atoms with van der Waals surface area (Å²) in [4.78, 5) is 12.0. The highest BCUT2D eigenvalue weighted by atomic mass is 16.5. The van der Waals surface area contributed by atoms with E-state index in [2.05, 4.69) is 15.8 Å². The molecule has 1 heterocycles. The number of nitrogens with two attached hydrogens (primary N) is 1. The van der Waals surface area contributed by atoms with E-state index >= 15 is 0 Å². The number of aromatic nitrogens is 2. The number of ether oxygens (including phenoxy) is 1. The Morgan fingerprint density at radius 3 is 2.75 bits per heavy atom. The van der Waals surface area contributed by atoms with Crippen LogP contribution in [0, 0.1) is 0 Å². The zero-order valence-corrected chi connectivity index (χ0v) is 11.2. The monoisotopic (exact) mass is 275 g/mol. The maximum absolute atomic E-state index is 12.0. The quantitative estimate of drug-likeness (QED) is 0.541. The minimum absolute atomic E-state index is 0.195. The minimum atomic E-state index is -0.195. The molecule has 1 amide bonds. The lowest BCUT2D eigenvalue weighted by molar-refractivity contribution is 0.102. The van der Waals surface area contributed by atoms with Crippen LogP contribution in [0.4, 0.5) is 11.4 Å². The zero-order valence-electron chi connectivity index (χ0n) is 11.2. The molecule has 1 aromatic carbocycles. The molecule has 0 fully saturated rings. The molecular weight excluding hydrogens is 258 g/mol. The van der Waals surface area contributed by atoms with Crippen molar-refractivity contribution >= 4 is 17.3 Å². The van der Waals surface area contributed by atoms with Crippen molar-refractivity contribution in [1.82, 2.24) is 9.78 Å². The first-order valence-electron chi connectivity index (χ1n) is 6.12. The van der Waals surface area contributed by atoms with E-state index in [1.54, 1.807) is 48.5 Å². The molecule has 2 aromatic rings. The third-order valence-electron chi connectivity index (χ3n) is 2.73. The largest absolute Gasteiger partial charge is 0.383 e. The molecular formula is C13H17N5O2. The van der Waals surface area contributed by atoms with Crippen LogP contribution in [-0.2, 0) is 11.3 Å². The molecule has 0 unspecified atom stereocenters. The van der Waals surface area contributed by atoms with Crippen molar-refractivity contribution in [3.63, 3.8) is 0 Å². The van der Waals surface area contributed by atoms with Gasteiger partial charge in [0.25, 0.3) is 5.91 Å². The Morgan fingerprint density at radius 2 is 2.10 bits per heavy atom. The predicted molar refractivity (Wildman–Crippen MR) is 76.3 cm³/mol. The number of nitrogen functional groups attached to an aromatic ring is 1. The van der Waals surface area contributed by atoms with Gasteiger partial charge in [-0.15, -0.1) is 0 Å². The fourth-order valence-electron chi connectivity index (χ4n) is 1.66. The molecule has 0 spiro atoms. The van der Waals surface area contributed by atoms with Crippen molar-refractivity contribution in [2.45, 2.75) is 6.54 Å². The van der Waals surface area contributed by atoms with Gasteiger partial charge in [0.1, 0.15) is 0 Å². The second-order valence-corrected chi connectivity index (χ2v) is 4.16. The van der Waals surface area contributed by atoms with Crippen molar-refractivity contribution in [2.24, 2.45) is 5.84 Å². The van der Waals surface area contributed by atoms with E-state index in [-0.39, 0.29) is 5.91 Å². The van der Waals surface area contributed by atoms with Crippen molar-refractivity contribution in [1.29, 1.82) is 0 Å². The van der Waals surface area contributed by atoms with Gasteiger partial charge in [0.2, 0.25) is 0 Å². The first-order chi connectivity index (χ1) is 9.72. The number of hydrazine groups is 1. The smallest absolute Gasteiger partial charge is 0.255 e. The molecule has 0 aliphatic carbocycles. The molecule has 0 atom stereocenters. The van der Waals surface area contributed by atoms with E-state index in [9.17, 15) is 4.79 Å². The number of methoxy groups -OCH3 is 1. The van der Waals surface area contributed by atoms with Crippen molar-refractivity contribution in [2.75, 3.05) is 24.5 Å². The Hall–Kier alpha value is -2.38. The van der Waals surface area contributed by atoms with Gasteiger partial charge in [-0.05, 0) is 24.3 Å². The number of hydrogen-bond donors (Lipinski definition) is 3. The third kappa shape index (κ3) is 3.56. The lowest BCUT2D eigenvalue weighted by Crippen LogP contribution is -2.12. The van der Waals surface area contributed by atoms with E-state index in [1.165, 1.54) is 0 Å². The fourth-order valence-corrected chi connectivity index (χ4v) is 1.66. The Balaban J connectivity index is 1.97. The van der Waals surface area contributed by atoms with Gasteiger partial charge in [0, 0.05) is 24.6 Å². The summed E-state index contributed by atoms with van der Waals surface area (Å²) in [5.41, 5.74) is 4.45. The second-order valence-electron chi connectivity index (χ2n) is 4.16. The second kappa shape index (κ2) is 6.69. The van der Waals surface area contributed by atoms with Crippen LogP contribution in [0.2, 0.25) is 0 Å². The lowest BCUT2D eigenvalue weighted by Gasteiger charge is -2.04. The highest BCUT2D eigenvalue weighted by Crippen LogP contribution is 2.11. The molecule has 0 aliphatic rings. The molecule has 2 rings (SSSR count). The molecule has 0 saturated carbocycles. The lowest BCUT2D eigenvalue weighted by atomic mass is 10.2. The molecule has 7 nitrogen and oxygen atoms in total. The summed E-state index contributed by atoms with van der Waals surface area (Å²) >= 11 is 0. The van der Waals surface area contributed by atoms with E-state index in [4.69, 9.17) is 10.6 Å². The molecule has 20 heavy (non-hydrogen) atoms. The zero-order chi connectivity index (χ0) is 14.4. The average molecular weight is 275 g/mol. The van der Waals surface area contributed by atoms with Gasteiger partial charge in [-0.3, -0.25) is 15.3 Å². The van der Waals surface area contributed by atoms with Crippen LogP contribution < -0.4 is 16.6 Å². The molecule has 0 saturated heterocycles. The van der Waals surface area contributed by atoms with Crippen LogP contribution in [0.3, 0.4) is 0 Å². The summed E-state index contributed by atoms with van der Waals surface area (Å²) in [6.45, 7) is 1.21. The number of nitrogens with zero attached hydrogens (tertiary/aromatic N) is 2. The molecule has 1 aromatic heterocycles. The van der Waals surface area contributed by atoms with Crippen LogP contribution in [0.25, 0.3) is 0 Å². The standard InChI is InChI=1S/C13H17N5O2/c1-20-7-6-18-9-12(8-15-18)16-13(19)10-2-4-11(17-14)5-3-10/h2-5,8-9,17H,6-7,14H2,1H3,(H,16,19). The van der Waals surface area contributed by atoms with Gasteiger partial charge in [0.05, 0.1) is 25.0 Å². The van der Waals surface area contributed by atoms with Crippen LogP contribution >= 0.6 is 0 Å². The Morgan fingerprint density at radius 1 is 1.35 bits per heavy atom. The summed E-state index contributed by atoms with van der Waals surface area (Å²) in [6.07, 6.45) is 3.36. The van der Waals surface area contributed by atoms with Gasteiger partial charge in [0.15, 0.2) is 0 Å². The Labute approximate surface area is 116 Å². The van der Waals surface area contributed by atoms with Crippen molar-refractivity contribution < 1.29 is 9.53 Å². The highest BCUT2D eigenvalue weighted by molar-refractivity contribution is 6.04. The highest BCUT2D eigenvalue weighted by Gasteiger charge is 2.07. The number of hydrogen-bond acceptors (Lipinski definition) is 5. The van der Waals surface area contributed by atoms with Crippen molar-refractivity contribution in [3.8, 4) is 0 Å². The van der Waals surface area contributed by atoms with Gasteiger partial charge in [-0.25, -0.2) is 0 Å². The van der Waals surface area contributed by atoms with Gasteiger partial charge < -0.3 is 15.5 Å². The first kappa shape index (κ1) is 14.0. The van der Waals surface area contributed by atoms with Crippen LogP contribution in [-0.4, -0.2) is 29.4 Å². The molecule has 7 heteroatoms. The normalized spacial score (nSPS) is 10.3. The summed E-state index contributed by atoms with van der Waals surface area (Å²) in [7, 11) is 1.63. The molecule has 4 N–H and O–H groups in total. The van der Waals surface area contributed by atoms with E-state index in [1.807, 2.05) is 0 Å². The van der Waals surface area contributed by atoms with E-state index in [0.717, 1.165) is 5.69 Å².